The van der Waals surface area contributed by atoms with Crippen LogP contribution < -0.4 is 5.32 Å². The van der Waals surface area contributed by atoms with Crippen molar-refractivity contribution in [3.63, 3.8) is 0 Å². The van der Waals surface area contributed by atoms with Gasteiger partial charge in [-0.2, -0.15) is 0 Å². The molecule has 0 atom stereocenters. The van der Waals surface area contributed by atoms with Gasteiger partial charge in [-0.15, -0.1) is 0 Å². The first-order valence-electron chi connectivity index (χ1n) is 9.09. The van der Waals surface area contributed by atoms with E-state index in [2.05, 4.69) is 21.2 Å². The average Bonchev–Trinajstić information content (AvgIpc) is 3.38. The van der Waals surface area contributed by atoms with Crippen molar-refractivity contribution in [1.29, 1.82) is 0 Å². The van der Waals surface area contributed by atoms with Crippen LogP contribution in [0, 0.1) is 5.82 Å². The van der Waals surface area contributed by atoms with Crippen LogP contribution in [0.1, 0.15) is 50.2 Å². The first-order valence-corrected chi connectivity index (χ1v) is 9.88. The van der Waals surface area contributed by atoms with E-state index in [1.54, 1.807) is 24.3 Å². The van der Waals surface area contributed by atoms with E-state index in [9.17, 15) is 14.0 Å². The number of ether oxygens (including phenoxy) is 1. The fourth-order valence-electron chi connectivity index (χ4n) is 3.68. The van der Waals surface area contributed by atoms with E-state index in [0.29, 0.717) is 26.7 Å². The predicted molar refractivity (Wildman–Crippen MR) is 104 cm³/mol. The van der Waals surface area contributed by atoms with Gasteiger partial charge in [-0.1, -0.05) is 22.0 Å². The molecule has 0 radical (unpaired) electrons. The Morgan fingerprint density at radius 2 is 2.04 bits per heavy atom. The van der Waals surface area contributed by atoms with Gasteiger partial charge in [0.1, 0.15) is 12.4 Å². The van der Waals surface area contributed by atoms with Crippen molar-refractivity contribution >= 4 is 27.6 Å². The van der Waals surface area contributed by atoms with E-state index in [1.165, 1.54) is 6.07 Å². The van der Waals surface area contributed by atoms with E-state index in [1.807, 2.05) is 0 Å². The number of amides is 1. The van der Waals surface area contributed by atoms with E-state index in [0.717, 1.165) is 18.4 Å². The molecule has 2 aromatic rings. The molecule has 146 valence electrons. The minimum atomic E-state index is -0.382. The number of hydrogen-bond donors (Lipinski definition) is 2. The zero-order valence-electron chi connectivity index (χ0n) is 15.1. The number of rotatable bonds is 7. The van der Waals surface area contributed by atoms with Crippen LogP contribution in [0.3, 0.4) is 0 Å². The zero-order chi connectivity index (χ0) is 19.9. The van der Waals surface area contributed by atoms with Crippen LogP contribution in [0.2, 0.25) is 0 Å². The van der Waals surface area contributed by atoms with Crippen LogP contribution in [0.5, 0.6) is 0 Å². The van der Waals surface area contributed by atoms with Crippen LogP contribution in [-0.2, 0) is 16.7 Å². The number of aliphatic hydroxyl groups excluding tert-OH is 1. The SMILES string of the molecule is O=C(COCCO)c1cc2c(cc1Cc1ccc(Br)cc1F)C(=O)NC21CC1. The molecule has 2 N–H and O–H groups in total. The summed E-state index contributed by atoms with van der Waals surface area (Å²) in [4.78, 5) is 25.2. The first kappa shape index (κ1) is 19.2. The zero-order valence-corrected chi connectivity index (χ0v) is 16.6. The second-order valence-corrected chi connectivity index (χ2v) is 8.12. The standard InChI is InChI=1S/C21H19BrFNO4/c22-14-2-1-12(18(23)9-14)7-13-8-16-17(21(3-4-21)24-20(16)27)10-15(13)19(26)11-28-6-5-25/h1-2,8-10,25H,3-7,11H2,(H,24,27). The maximum absolute atomic E-state index is 14.4. The summed E-state index contributed by atoms with van der Waals surface area (Å²) in [6.07, 6.45) is 1.88. The normalized spacial score (nSPS) is 16.2. The van der Waals surface area contributed by atoms with Crippen molar-refractivity contribution in [2.24, 2.45) is 0 Å². The summed E-state index contributed by atoms with van der Waals surface area (Å²) in [5.74, 6) is -0.785. The van der Waals surface area contributed by atoms with Crippen LogP contribution in [0.4, 0.5) is 4.39 Å². The summed E-state index contributed by atoms with van der Waals surface area (Å²) in [5, 5.41) is 11.9. The molecule has 0 saturated heterocycles. The number of nitrogens with one attached hydrogen (secondary N) is 1. The van der Waals surface area contributed by atoms with Crippen LogP contribution >= 0.6 is 15.9 Å². The van der Waals surface area contributed by atoms with Crippen molar-refractivity contribution in [2.75, 3.05) is 19.8 Å². The van der Waals surface area contributed by atoms with Gasteiger partial charge in [0.2, 0.25) is 0 Å². The number of hydrogen-bond acceptors (Lipinski definition) is 4. The van der Waals surface area contributed by atoms with Gasteiger partial charge in [-0.25, -0.2) is 4.39 Å². The number of carbonyl (C=O) groups is 2. The third-order valence-electron chi connectivity index (χ3n) is 5.27. The summed E-state index contributed by atoms with van der Waals surface area (Å²) >= 11 is 3.24. The molecule has 28 heavy (non-hydrogen) atoms. The first-order chi connectivity index (χ1) is 13.4. The lowest BCUT2D eigenvalue weighted by Gasteiger charge is -2.14. The lowest BCUT2D eigenvalue weighted by Crippen LogP contribution is -2.25. The average molecular weight is 448 g/mol. The molecule has 0 aromatic heterocycles. The third-order valence-corrected chi connectivity index (χ3v) is 5.76. The number of carbonyl (C=O) groups excluding carboxylic acids is 2. The molecule has 5 nitrogen and oxygen atoms in total. The highest BCUT2D eigenvalue weighted by molar-refractivity contribution is 9.10. The number of halogens is 2. The lowest BCUT2D eigenvalue weighted by atomic mass is 9.90. The molecular weight excluding hydrogens is 429 g/mol. The van der Waals surface area contributed by atoms with Gasteiger partial charge in [0.05, 0.1) is 18.8 Å². The molecule has 2 aliphatic rings. The Labute approximate surface area is 170 Å². The quantitative estimate of drug-likeness (QED) is 0.505. The Kier molecular flexibility index (Phi) is 5.07. The topological polar surface area (TPSA) is 75.6 Å². The van der Waals surface area contributed by atoms with Gasteiger partial charge in [-0.05, 0) is 53.8 Å². The van der Waals surface area contributed by atoms with Crippen LogP contribution in [-0.4, -0.2) is 36.6 Å². The van der Waals surface area contributed by atoms with Crippen molar-refractivity contribution in [1.82, 2.24) is 5.32 Å². The fraction of sp³-hybridized carbons (Fsp3) is 0.333. The molecule has 1 heterocycles. The van der Waals surface area contributed by atoms with Crippen molar-refractivity contribution in [3.8, 4) is 0 Å². The third kappa shape index (κ3) is 3.50. The van der Waals surface area contributed by atoms with Gasteiger partial charge in [0, 0.05) is 22.0 Å². The molecular formula is C21H19BrFNO4. The minimum absolute atomic E-state index is 0.0668. The molecule has 1 fully saturated rings. The smallest absolute Gasteiger partial charge is 0.252 e. The van der Waals surface area contributed by atoms with Crippen LogP contribution in [0.15, 0.2) is 34.8 Å². The van der Waals surface area contributed by atoms with Crippen LogP contribution in [0.25, 0.3) is 0 Å². The Morgan fingerprint density at radius 1 is 1.25 bits per heavy atom. The highest BCUT2D eigenvalue weighted by atomic mass is 79.9. The van der Waals surface area contributed by atoms with Gasteiger partial charge in [0.15, 0.2) is 5.78 Å². The molecule has 1 spiro atoms. The number of ketones is 1. The molecule has 1 saturated carbocycles. The van der Waals surface area contributed by atoms with E-state index >= 15 is 0 Å². The molecule has 2 aromatic carbocycles. The van der Waals surface area contributed by atoms with Gasteiger partial charge < -0.3 is 15.2 Å². The predicted octanol–water partition coefficient (Wildman–Crippen LogP) is 3.10. The largest absolute Gasteiger partial charge is 0.394 e. The number of Topliss-reactive ketones (excluding diaryl/α,β-unsaturated/α-hetero) is 1. The molecule has 0 bridgehead atoms. The van der Waals surface area contributed by atoms with Crippen molar-refractivity contribution < 1.29 is 23.8 Å². The number of aliphatic hydroxyl groups is 1. The number of fused-ring (bicyclic) bond motifs is 2. The molecule has 1 amide bonds. The molecule has 1 aliphatic carbocycles. The molecule has 7 heteroatoms. The maximum Gasteiger partial charge on any atom is 0.252 e. The van der Waals surface area contributed by atoms with Gasteiger partial charge in [-0.3, -0.25) is 9.59 Å². The Hall–Kier alpha value is -2.09. The second kappa shape index (κ2) is 7.39. The van der Waals surface area contributed by atoms with E-state index < -0.39 is 0 Å². The van der Waals surface area contributed by atoms with Crippen molar-refractivity contribution in [3.05, 3.63) is 68.4 Å². The number of benzene rings is 2. The highest BCUT2D eigenvalue weighted by Crippen LogP contribution is 2.51. The fourth-order valence-corrected chi connectivity index (χ4v) is 4.02. The van der Waals surface area contributed by atoms with E-state index in [4.69, 9.17) is 9.84 Å². The van der Waals surface area contributed by atoms with Gasteiger partial charge >= 0.3 is 0 Å². The molecule has 0 unspecified atom stereocenters. The van der Waals surface area contributed by atoms with E-state index in [-0.39, 0.29) is 49.3 Å². The Balaban J connectivity index is 1.74. The monoisotopic (exact) mass is 447 g/mol. The highest BCUT2D eigenvalue weighted by Gasteiger charge is 2.52. The van der Waals surface area contributed by atoms with Crippen molar-refractivity contribution in [2.45, 2.75) is 24.8 Å². The summed E-state index contributed by atoms with van der Waals surface area (Å²) in [6.45, 7) is -0.281. The maximum atomic E-state index is 14.4. The lowest BCUT2D eigenvalue weighted by molar-refractivity contribution is 0.0663. The van der Waals surface area contributed by atoms with Gasteiger partial charge in [0.25, 0.3) is 5.91 Å². The Bertz CT molecular complexity index is 971. The second-order valence-electron chi connectivity index (χ2n) is 7.20. The summed E-state index contributed by atoms with van der Waals surface area (Å²) in [5.41, 5.74) is 2.50. The minimum Gasteiger partial charge on any atom is -0.394 e. The molecule has 1 aliphatic heterocycles. The summed E-state index contributed by atoms with van der Waals surface area (Å²) in [7, 11) is 0. The summed E-state index contributed by atoms with van der Waals surface area (Å²) in [6, 6.07) is 8.24. The summed E-state index contributed by atoms with van der Waals surface area (Å²) < 4.78 is 20.2. The Morgan fingerprint density at radius 3 is 2.71 bits per heavy atom. The molecule has 4 rings (SSSR count).